The van der Waals surface area contributed by atoms with Crippen LogP contribution in [0.1, 0.15) is 28.8 Å². The second kappa shape index (κ2) is 10.7. The molecule has 1 fully saturated rings. The molecule has 0 radical (unpaired) electrons. The maximum Gasteiger partial charge on any atom is 0.416 e. The minimum Gasteiger partial charge on any atom is -0.496 e. The minimum atomic E-state index is -4.58. The predicted octanol–water partition coefficient (Wildman–Crippen LogP) is 4.60. The smallest absolute Gasteiger partial charge is 0.416 e. The van der Waals surface area contributed by atoms with Crippen LogP contribution >= 0.6 is 11.6 Å². The number of aromatic nitrogens is 3. The third-order valence-electron chi connectivity index (χ3n) is 6.14. The first-order valence-corrected chi connectivity index (χ1v) is 13.9. The molecule has 0 aliphatic heterocycles. The SMILES string of the molecule is COc1cc(-n2nc(-c3cc(S(=O)(=O)NC4CC4)ccc3Cl)[nH]c2=O)ccc1C(=O)Nc1cccc(C(F)(F)F)c1. The van der Waals surface area contributed by atoms with Crippen LogP contribution in [-0.2, 0) is 16.2 Å². The lowest BCUT2D eigenvalue weighted by Gasteiger charge is -2.12. The summed E-state index contributed by atoms with van der Waals surface area (Å²) in [5.41, 5.74) is -1.35. The van der Waals surface area contributed by atoms with E-state index in [9.17, 15) is 31.2 Å². The van der Waals surface area contributed by atoms with Gasteiger partial charge in [0, 0.05) is 23.4 Å². The number of methoxy groups -OCH3 is 1. The number of nitrogens with one attached hydrogen (secondary N) is 3. The van der Waals surface area contributed by atoms with Gasteiger partial charge in [-0.25, -0.2) is 17.9 Å². The van der Waals surface area contributed by atoms with Crippen molar-refractivity contribution in [3.05, 3.63) is 87.3 Å². The van der Waals surface area contributed by atoms with Crippen LogP contribution in [0.2, 0.25) is 5.02 Å². The van der Waals surface area contributed by atoms with Crippen molar-refractivity contribution in [3.63, 3.8) is 0 Å². The molecule has 0 unspecified atom stereocenters. The first-order chi connectivity index (χ1) is 19.4. The normalized spacial score (nSPS) is 13.7. The van der Waals surface area contributed by atoms with Gasteiger partial charge >= 0.3 is 11.9 Å². The summed E-state index contributed by atoms with van der Waals surface area (Å²) in [4.78, 5) is 28.1. The van der Waals surface area contributed by atoms with Crippen LogP contribution in [0.3, 0.4) is 0 Å². The summed E-state index contributed by atoms with van der Waals surface area (Å²) in [7, 11) is -2.52. The molecule has 3 aromatic carbocycles. The standard InChI is InChI=1S/C26H21ClF3N5O5S/c1-40-22-12-17(7-9-19(22)24(36)31-16-4-2-3-14(11-16)26(28,29)30)35-25(37)32-23(33-35)20-13-18(8-10-21(20)27)41(38,39)34-15-5-6-15/h2-4,7-13,15,34H,5-6H2,1H3,(H,31,36)(H,32,33,37). The molecule has 1 aliphatic carbocycles. The van der Waals surface area contributed by atoms with Crippen molar-refractivity contribution in [1.29, 1.82) is 0 Å². The van der Waals surface area contributed by atoms with Crippen molar-refractivity contribution in [1.82, 2.24) is 19.5 Å². The van der Waals surface area contributed by atoms with E-state index in [-0.39, 0.29) is 50.0 Å². The van der Waals surface area contributed by atoms with Crippen LogP contribution in [0.4, 0.5) is 18.9 Å². The maximum atomic E-state index is 13.0. The predicted molar refractivity (Wildman–Crippen MR) is 144 cm³/mol. The molecule has 0 atom stereocenters. The van der Waals surface area contributed by atoms with Crippen LogP contribution in [0, 0.1) is 0 Å². The number of nitrogens with zero attached hydrogens (tertiary/aromatic N) is 2. The molecule has 0 spiro atoms. The molecule has 1 aromatic heterocycles. The number of anilines is 1. The average Bonchev–Trinajstić information content (AvgIpc) is 3.65. The number of carbonyl (C=O) groups is 1. The van der Waals surface area contributed by atoms with E-state index >= 15 is 0 Å². The molecule has 3 N–H and O–H groups in total. The Kier molecular flexibility index (Phi) is 7.40. The summed E-state index contributed by atoms with van der Waals surface area (Å²) >= 11 is 6.30. The van der Waals surface area contributed by atoms with Crippen LogP contribution in [0.5, 0.6) is 5.75 Å². The van der Waals surface area contributed by atoms with Crippen molar-refractivity contribution in [2.24, 2.45) is 0 Å². The molecule has 214 valence electrons. The molecule has 1 amide bonds. The number of alkyl halides is 3. The Labute approximate surface area is 236 Å². The number of H-pyrrole nitrogens is 1. The van der Waals surface area contributed by atoms with E-state index < -0.39 is 33.4 Å². The number of carbonyl (C=O) groups excluding carboxylic acids is 1. The second-order valence-corrected chi connectivity index (χ2v) is 11.3. The highest BCUT2D eigenvalue weighted by atomic mass is 35.5. The molecule has 1 saturated carbocycles. The summed E-state index contributed by atoms with van der Waals surface area (Å²) in [5, 5.41) is 6.80. The summed E-state index contributed by atoms with van der Waals surface area (Å²) in [6.45, 7) is 0. The van der Waals surface area contributed by atoms with E-state index in [2.05, 4.69) is 20.1 Å². The van der Waals surface area contributed by atoms with Gasteiger partial charge in [-0.3, -0.25) is 9.78 Å². The fourth-order valence-corrected chi connectivity index (χ4v) is 5.47. The lowest BCUT2D eigenvalue weighted by Crippen LogP contribution is -2.25. The van der Waals surface area contributed by atoms with Gasteiger partial charge < -0.3 is 10.1 Å². The number of rotatable bonds is 8. The Morgan fingerprint density at radius 1 is 1.12 bits per heavy atom. The summed E-state index contributed by atoms with van der Waals surface area (Å²) in [6.07, 6.45) is -3.07. The molecule has 0 bridgehead atoms. The largest absolute Gasteiger partial charge is 0.496 e. The molecule has 4 aromatic rings. The number of sulfonamides is 1. The molecule has 0 saturated heterocycles. The van der Waals surface area contributed by atoms with Crippen molar-refractivity contribution in [2.45, 2.75) is 30.0 Å². The Morgan fingerprint density at radius 3 is 2.56 bits per heavy atom. The molecular formula is C26H21ClF3N5O5S. The van der Waals surface area contributed by atoms with Crippen molar-refractivity contribution >= 4 is 33.2 Å². The van der Waals surface area contributed by atoms with Gasteiger partial charge in [0.1, 0.15) is 5.75 Å². The Hall–Kier alpha value is -4.14. The van der Waals surface area contributed by atoms with Gasteiger partial charge in [0.05, 0.1) is 33.8 Å². The van der Waals surface area contributed by atoms with Gasteiger partial charge in [0.15, 0.2) is 5.82 Å². The van der Waals surface area contributed by atoms with Crippen LogP contribution in [-0.4, -0.2) is 42.2 Å². The summed E-state index contributed by atoms with van der Waals surface area (Å²) in [6, 6.07) is 12.1. The molecule has 15 heteroatoms. The number of aromatic amines is 1. The lowest BCUT2D eigenvalue weighted by atomic mass is 10.1. The number of benzene rings is 3. The number of ether oxygens (including phenoxy) is 1. The first kappa shape index (κ1) is 28.4. The van der Waals surface area contributed by atoms with E-state index in [4.69, 9.17) is 16.3 Å². The van der Waals surface area contributed by atoms with Crippen molar-refractivity contribution in [3.8, 4) is 22.8 Å². The molecule has 5 rings (SSSR count). The zero-order valence-corrected chi connectivity index (χ0v) is 22.7. The number of hydrogen-bond donors (Lipinski definition) is 3. The maximum absolute atomic E-state index is 13.0. The second-order valence-electron chi connectivity index (χ2n) is 9.15. The van der Waals surface area contributed by atoms with Gasteiger partial charge in [-0.1, -0.05) is 17.7 Å². The van der Waals surface area contributed by atoms with E-state index in [1.165, 1.54) is 55.6 Å². The zero-order chi connectivity index (χ0) is 29.5. The van der Waals surface area contributed by atoms with Gasteiger partial charge in [0.2, 0.25) is 10.0 Å². The highest BCUT2D eigenvalue weighted by Gasteiger charge is 2.31. The van der Waals surface area contributed by atoms with Gasteiger partial charge in [-0.15, -0.1) is 5.10 Å². The third kappa shape index (κ3) is 6.14. The highest BCUT2D eigenvalue weighted by Crippen LogP contribution is 2.32. The van der Waals surface area contributed by atoms with E-state index in [1.807, 2.05) is 0 Å². The fourth-order valence-electron chi connectivity index (χ4n) is 3.93. The summed E-state index contributed by atoms with van der Waals surface area (Å²) < 4.78 is 73.2. The number of halogens is 4. The number of hydrogen-bond acceptors (Lipinski definition) is 6. The van der Waals surface area contributed by atoms with E-state index in [0.29, 0.717) is 0 Å². The lowest BCUT2D eigenvalue weighted by molar-refractivity contribution is -0.137. The molecule has 41 heavy (non-hydrogen) atoms. The van der Waals surface area contributed by atoms with E-state index in [1.54, 1.807) is 0 Å². The zero-order valence-electron chi connectivity index (χ0n) is 21.1. The topological polar surface area (TPSA) is 135 Å². The highest BCUT2D eigenvalue weighted by molar-refractivity contribution is 7.89. The molecule has 1 aliphatic rings. The average molecular weight is 608 g/mol. The molecule has 1 heterocycles. The molecular weight excluding hydrogens is 587 g/mol. The first-order valence-electron chi connectivity index (χ1n) is 12.0. The van der Waals surface area contributed by atoms with Crippen LogP contribution in [0.15, 0.2) is 70.4 Å². The fraction of sp³-hybridized carbons (Fsp3) is 0.192. The Balaban J connectivity index is 1.43. The number of amides is 1. The van der Waals surface area contributed by atoms with Crippen molar-refractivity contribution < 1.29 is 31.1 Å². The van der Waals surface area contributed by atoms with Gasteiger partial charge in [0.25, 0.3) is 5.91 Å². The minimum absolute atomic E-state index is 0.00574. The van der Waals surface area contributed by atoms with Gasteiger partial charge in [-0.05, 0) is 61.4 Å². The van der Waals surface area contributed by atoms with Gasteiger partial charge in [-0.2, -0.15) is 17.9 Å². The van der Waals surface area contributed by atoms with Crippen molar-refractivity contribution in [2.75, 3.05) is 12.4 Å². The van der Waals surface area contributed by atoms with Crippen LogP contribution in [0.25, 0.3) is 17.1 Å². The summed E-state index contributed by atoms with van der Waals surface area (Å²) in [5.74, 6) is -0.734. The molecule has 10 nitrogen and oxygen atoms in total. The monoisotopic (exact) mass is 607 g/mol. The Bertz CT molecular complexity index is 1820. The third-order valence-corrected chi connectivity index (χ3v) is 7.99. The Morgan fingerprint density at radius 2 is 1.88 bits per heavy atom. The van der Waals surface area contributed by atoms with E-state index in [0.717, 1.165) is 29.7 Å². The van der Waals surface area contributed by atoms with Crippen LogP contribution < -0.4 is 20.5 Å². The quantitative estimate of drug-likeness (QED) is 0.268.